The van der Waals surface area contributed by atoms with Gasteiger partial charge in [-0.15, -0.1) is 0 Å². The minimum absolute atomic E-state index is 0.412. The van der Waals surface area contributed by atoms with Crippen LogP contribution in [0.2, 0.25) is 0 Å². The maximum Gasteiger partial charge on any atom is 0.250 e. The summed E-state index contributed by atoms with van der Waals surface area (Å²) in [4.78, 5) is 22.9. The van der Waals surface area contributed by atoms with Gasteiger partial charge in [0.05, 0.1) is 11.3 Å². The number of hydrogen-bond acceptors (Lipinski definition) is 5. The van der Waals surface area contributed by atoms with Crippen molar-refractivity contribution in [1.82, 2.24) is 15.0 Å². The number of nitrogens with one attached hydrogen (secondary N) is 1. The van der Waals surface area contributed by atoms with Crippen LogP contribution in [-0.4, -0.2) is 20.9 Å². The molecule has 0 fully saturated rings. The number of carbonyl (C=O) groups excluding carboxylic acids is 1. The molecule has 6 nitrogen and oxygen atoms in total. The van der Waals surface area contributed by atoms with Gasteiger partial charge in [-0.2, -0.15) is 0 Å². The molecule has 6 heteroatoms. The molecule has 0 atom stereocenters. The first-order valence-electron chi connectivity index (χ1n) is 6.55. The van der Waals surface area contributed by atoms with Crippen molar-refractivity contribution in [2.24, 2.45) is 5.73 Å². The van der Waals surface area contributed by atoms with E-state index in [1.165, 1.54) is 0 Å². The Morgan fingerprint density at radius 3 is 2.09 bits per heavy atom. The number of benzene rings is 1. The number of primary amides is 1. The molecule has 0 bridgehead atoms. The highest BCUT2D eigenvalue weighted by atomic mass is 16.1. The first-order chi connectivity index (χ1) is 10.8. The van der Waals surface area contributed by atoms with E-state index in [9.17, 15) is 4.79 Å². The van der Waals surface area contributed by atoms with Crippen molar-refractivity contribution < 1.29 is 4.79 Å². The second-order valence-electron chi connectivity index (χ2n) is 4.13. The Hall–Kier alpha value is -3.28. The summed E-state index contributed by atoms with van der Waals surface area (Å²) in [5.74, 6) is -0.0600. The summed E-state index contributed by atoms with van der Waals surface area (Å²) in [5.41, 5.74) is 6.26. The van der Waals surface area contributed by atoms with Gasteiger partial charge >= 0.3 is 0 Å². The van der Waals surface area contributed by atoms with Gasteiger partial charge < -0.3 is 11.1 Å². The lowest BCUT2D eigenvalue weighted by atomic mass is 10.1. The summed E-state index contributed by atoms with van der Waals surface area (Å²) in [6, 6.07) is 14.4. The Labute approximate surface area is 128 Å². The zero-order valence-electron chi connectivity index (χ0n) is 11.8. The number of nitrogens with zero attached hydrogens (tertiary/aromatic N) is 3. The van der Waals surface area contributed by atoms with Crippen LogP contribution in [0.5, 0.6) is 0 Å². The van der Waals surface area contributed by atoms with Gasteiger partial charge in [0.25, 0.3) is 5.91 Å². The average molecular weight is 293 g/mol. The molecule has 2 heterocycles. The van der Waals surface area contributed by atoms with Crippen molar-refractivity contribution >= 4 is 17.5 Å². The molecule has 110 valence electrons. The van der Waals surface area contributed by atoms with Gasteiger partial charge in [-0.05, 0) is 30.3 Å². The number of carbonyl (C=O) groups is 1. The van der Waals surface area contributed by atoms with E-state index in [1.807, 2.05) is 18.2 Å². The number of rotatable bonds is 3. The summed E-state index contributed by atoms with van der Waals surface area (Å²) in [6.07, 6.45) is 6.73. The lowest BCUT2D eigenvalue weighted by Gasteiger charge is -2.07. The van der Waals surface area contributed by atoms with Gasteiger partial charge in [-0.3, -0.25) is 9.78 Å². The third-order valence-electron chi connectivity index (χ3n) is 2.57. The smallest absolute Gasteiger partial charge is 0.250 e. The number of nitrogens with two attached hydrogens (primary N) is 1. The maximum atomic E-state index is 11.2. The van der Waals surface area contributed by atoms with Gasteiger partial charge in [0, 0.05) is 24.8 Å². The third-order valence-corrected chi connectivity index (χ3v) is 2.57. The molecule has 22 heavy (non-hydrogen) atoms. The molecule has 3 N–H and O–H groups in total. The normalized spacial score (nSPS) is 9.27. The van der Waals surface area contributed by atoms with Crippen LogP contribution in [0, 0.1) is 0 Å². The fourth-order valence-electron chi connectivity index (χ4n) is 1.60. The Bertz CT molecular complexity index is 677. The van der Waals surface area contributed by atoms with Gasteiger partial charge in [-0.25, -0.2) is 9.97 Å². The number of pyridine rings is 1. The van der Waals surface area contributed by atoms with E-state index < -0.39 is 5.91 Å². The van der Waals surface area contributed by atoms with Crippen molar-refractivity contribution in [2.45, 2.75) is 0 Å². The SMILES string of the molecule is NC(=O)c1ccccc1Nc1ncccn1.c1ccncc1. The van der Waals surface area contributed by atoms with E-state index in [2.05, 4.69) is 20.3 Å². The minimum atomic E-state index is -0.487. The number of anilines is 2. The van der Waals surface area contributed by atoms with E-state index in [0.29, 0.717) is 17.2 Å². The highest BCUT2D eigenvalue weighted by Gasteiger charge is 2.07. The minimum Gasteiger partial charge on any atom is -0.366 e. The number of hydrogen-bond donors (Lipinski definition) is 2. The summed E-state index contributed by atoms with van der Waals surface area (Å²) >= 11 is 0. The molecule has 0 aliphatic carbocycles. The standard InChI is InChI=1S/C11H10N4O.C5H5N/c12-10(16)8-4-1-2-5-9(8)15-11-13-6-3-7-14-11;1-2-4-6-5-3-1/h1-7H,(H2,12,16)(H,13,14,15);1-5H. The summed E-state index contributed by atoms with van der Waals surface area (Å²) in [6.45, 7) is 0. The topological polar surface area (TPSA) is 93.8 Å². The van der Waals surface area contributed by atoms with Crippen LogP contribution >= 0.6 is 0 Å². The van der Waals surface area contributed by atoms with E-state index >= 15 is 0 Å². The Kier molecular flexibility index (Phi) is 5.57. The van der Waals surface area contributed by atoms with Crippen LogP contribution in [-0.2, 0) is 0 Å². The van der Waals surface area contributed by atoms with Crippen molar-refractivity contribution in [3.63, 3.8) is 0 Å². The maximum absolute atomic E-state index is 11.2. The van der Waals surface area contributed by atoms with Crippen LogP contribution in [0.1, 0.15) is 10.4 Å². The summed E-state index contributed by atoms with van der Waals surface area (Å²) in [5, 5.41) is 2.93. The van der Waals surface area contributed by atoms with E-state index in [4.69, 9.17) is 5.73 Å². The van der Waals surface area contributed by atoms with E-state index in [1.54, 1.807) is 55.1 Å². The molecule has 0 unspecified atom stereocenters. The Morgan fingerprint density at radius 1 is 0.864 bits per heavy atom. The van der Waals surface area contributed by atoms with E-state index in [0.717, 1.165) is 0 Å². The predicted molar refractivity (Wildman–Crippen MR) is 84.5 cm³/mol. The monoisotopic (exact) mass is 293 g/mol. The second-order valence-corrected chi connectivity index (χ2v) is 4.13. The van der Waals surface area contributed by atoms with Crippen LogP contribution in [0.3, 0.4) is 0 Å². The molecule has 0 radical (unpaired) electrons. The van der Waals surface area contributed by atoms with Crippen molar-refractivity contribution in [2.75, 3.05) is 5.32 Å². The van der Waals surface area contributed by atoms with Crippen LogP contribution in [0.15, 0.2) is 73.3 Å². The lowest BCUT2D eigenvalue weighted by Crippen LogP contribution is -2.13. The van der Waals surface area contributed by atoms with Crippen molar-refractivity contribution in [1.29, 1.82) is 0 Å². The van der Waals surface area contributed by atoms with Crippen molar-refractivity contribution in [3.8, 4) is 0 Å². The molecule has 1 aromatic carbocycles. The highest BCUT2D eigenvalue weighted by Crippen LogP contribution is 2.17. The Morgan fingerprint density at radius 2 is 1.55 bits per heavy atom. The fourth-order valence-corrected chi connectivity index (χ4v) is 1.60. The molecular formula is C16H15N5O. The third kappa shape index (κ3) is 4.68. The van der Waals surface area contributed by atoms with Gasteiger partial charge in [0.1, 0.15) is 0 Å². The molecule has 2 aromatic heterocycles. The molecule has 0 saturated carbocycles. The number of amides is 1. The van der Waals surface area contributed by atoms with Crippen LogP contribution in [0.4, 0.5) is 11.6 Å². The average Bonchev–Trinajstić information content (AvgIpc) is 2.58. The second kappa shape index (κ2) is 8.11. The fraction of sp³-hybridized carbons (Fsp3) is 0. The first kappa shape index (κ1) is 15.1. The summed E-state index contributed by atoms with van der Waals surface area (Å²) in [7, 11) is 0. The first-order valence-corrected chi connectivity index (χ1v) is 6.55. The molecule has 0 aliphatic rings. The molecule has 0 aliphatic heterocycles. The van der Waals surface area contributed by atoms with Gasteiger partial charge in [0.15, 0.2) is 0 Å². The molecule has 0 saturated heterocycles. The largest absolute Gasteiger partial charge is 0.366 e. The molecule has 3 aromatic rings. The molecular weight excluding hydrogens is 278 g/mol. The molecule has 1 amide bonds. The highest BCUT2D eigenvalue weighted by molar-refractivity contribution is 5.98. The lowest BCUT2D eigenvalue weighted by molar-refractivity contribution is 0.100. The zero-order valence-corrected chi connectivity index (χ0v) is 11.8. The molecule has 0 spiro atoms. The predicted octanol–water partition coefficient (Wildman–Crippen LogP) is 2.40. The van der Waals surface area contributed by atoms with Crippen LogP contribution in [0.25, 0.3) is 0 Å². The van der Waals surface area contributed by atoms with E-state index in [-0.39, 0.29) is 0 Å². The molecule has 3 rings (SSSR count). The zero-order chi connectivity index (χ0) is 15.6. The Balaban J connectivity index is 0.000000246. The van der Waals surface area contributed by atoms with Crippen molar-refractivity contribution in [3.05, 3.63) is 78.9 Å². The number of aromatic nitrogens is 3. The van der Waals surface area contributed by atoms with Gasteiger partial charge in [-0.1, -0.05) is 18.2 Å². The van der Waals surface area contributed by atoms with Crippen LogP contribution < -0.4 is 11.1 Å². The van der Waals surface area contributed by atoms with Gasteiger partial charge in [0.2, 0.25) is 5.95 Å². The number of para-hydroxylation sites is 1. The summed E-state index contributed by atoms with van der Waals surface area (Å²) < 4.78 is 0. The quantitative estimate of drug-likeness (QED) is 0.773.